The minimum Gasteiger partial charge on any atom is -0.497 e. The van der Waals surface area contributed by atoms with Crippen LogP contribution in [0.15, 0.2) is 24.3 Å². The van der Waals surface area contributed by atoms with Crippen LogP contribution in [0.1, 0.15) is 26.7 Å². The van der Waals surface area contributed by atoms with Crippen LogP contribution >= 0.6 is 0 Å². The lowest BCUT2D eigenvalue weighted by Crippen LogP contribution is -2.47. The highest BCUT2D eigenvalue weighted by molar-refractivity contribution is 5.89. The summed E-state index contributed by atoms with van der Waals surface area (Å²) in [7, 11) is 1.62. The Bertz CT molecular complexity index is 451. The molecule has 0 aliphatic carbocycles. The van der Waals surface area contributed by atoms with Crippen LogP contribution < -0.4 is 15.4 Å². The minimum atomic E-state index is -0.136. The lowest BCUT2D eigenvalue weighted by atomic mass is 10.0. The van der Waals surface area contributed by atoms with Gasteiger partial charge in [0.15, 0.2) is 0 Å². The number of nitrogens with one attached hydrogen (secondary N) is 2. The van der Waals surface area contributed by atoms with Gasteiger partial charge in [0.25, 0.3) is 0 Å². The topological polar surface area (TPSA) is 53.6 Å². The number of rotatable bonds is 4. The summed E-state index contributed by atoms with van der Waals surface area (Å²) in [4.78, 5) is 14.4. The molecule has 1 aromatic carbocycles. The zero-order valence-electron chi connectivity index (χ0n) is 13.1. The standard InChI is InChI=1S/C16H25N3O2/c1-12(2)19-10-8-14(9-11-19)18-16(20)17-13-4-6-15(21-3)7-5-13/h4-7,12,14H,8-11H2,1-3H3,(H2,17,18,20). The monoisotopic (exact) mass is 291 g/mol. The number of methoxy groups -OCH3 is 1. The first-order chi connectivity index (χ1) is 10.1. The van der Waals surface area contributed by atoms with Crippen LogP contribution in [0.25, 0.3) is 0 Å². The van der Waals surface area contributed by atoms with Crippen molar-refractivity contribution in [2.24, 2.45) is 0 Å². The molecule has 0 atom stereocenters. The number of carbonyl (C=O) groups excluding carboxylic acids is 1. The highest BCUT2D eigenvalue weighted by Gasteiger charge is 2.21. The van der Waals surface area contributed by atoms with Gasteiger partial charge in [0, 0.05) is 30.9 Å². The molecule has 1 aromatic rings. The van der Waals surface area contributed by atoms with Gasteiger partial charge in [0.05, 0.1) is 7.11 Å². The van der Waals surface area contributed by atoms with Gasteiger partial charge < -0.3 is 20.3 Å². The molecule has 21 heavy (non-hydrogen) atoms. The molecule has 2 rings (SSSR count). The van der Waals surface area contributed by atoms with E-state index in [1.165, 1.54) is 0 Å². The predicted octanol–water partition coefficient (Wildman–Crippen LogP) is 2.69. The third-order valence-corrected chi connectivity index (χ3v) is 3.94. The van der Waals surface area contributed by atoms with Gasteiger partial charge in [-0.2, -0.15) is 0 Å². The van der Waals surface area contributed by atoms with E-state index < -0.39 is 0 Å². The summed E-state index contributed by atoms with van der Waals surface area (Å²) in [6, 6.07) is 8.04. The van der Waals surface area contributed by atoms with Crippen LogP contribution in [0.5, 0.6) is 5.75 Å². The molecular formula is C16H25N3O2. The number of amides is 2. The molecule has 0 aromatic heterocycles. The van der Waals surface area contributed by atoms with Gasteiger partial charge in [-0.1, -0.05) is 0 Å². The number of nitrogens with zero attached hydrogens (tertiary/aromatic N) is 1. The molecule has 1 saturated heterocycles. The van der Waals surface area contributed by atoms with E-state index in [0.29, 0.717) is 6.04 Å². The summed E-state index contributed by atoms with van der Waals surface area (Å²) in [5.41, 5.74) is 0.771. The maximum Gasteiger partial charge on any atom is 0.319 e. The van der Waals surface area contributed by atoms with Crippen molar-refractivity contribution < 1.29 is 9.53 Å². The van der Waals surface area contributed by atoms with Crippen LogP contribution in [0.4, 0.5) is 10.5 Å². The van der Waals surface area contributed by atoms with Crippen LogP contribution in [0, 0.1) is 0 Å². The first-order valence-corrected chi connectivity index (χ1v) is 7.54. The van der Waals surface area contributed by atoms with Gasteiger partial charge in [-0.15, -0.1) is 0 Å². The summed E-state index contributed by atoms with van der Waals surface area (Å²) in [5, 5.41) is 5.90. The first-order valence-electron chi connectivity index (χ1n) is 7.54. The number of benzene rings is 1. The molecule has 116 valence electrons. The van der Waals surface area contributed by atoms with E-state index in [-0.39, 0.29) is 12.1 Å². The second kappa shape index (κ2) is 7.31. The van der Waals surface area contributed by atoms with Crippen LogP contribution in [0.2, 0.25) is 0 Å². The summed E-state index contributed by atoms with van der Waals surface area (Å²) >= 11 is 0. The number of likely N-dealkylation sites (tertiary alicyclic amines) is 1. The maximum absolute atomic E-state index is 12.0. The first kappa shape index (κ1) is 15.6. The Morgan fingerprint density at radius 3 is 2.38 bits per heavy atom. The summed E-state index contributed by atoms with van der Waals surface area (Å²) in [5.74, 6) is 0.780. The van der Waals surface area contributed by atoms with E-state index in [1.54, 1.807) is 7.11 Å². The smallest absolute Gasteiger partial charge is 0.319 e. The normalized spacial score (nSPS) is 16.8. The van der Waals surface area contributed by atoms with E-state index in [2.05, 4.69) is 29.4 Å². The second-order valence-electron chi connectivity index (χ2n) is 5.73. The van der Waals surface area contributed by atoms with E-state index in [1.807, 2.05) is 24.3 Å². The number of anilines is 1. The SMILES string of the molecule is COc1ccc(NC(=O)NC2CCN(C(C)C)CC2)cc1. The van der Waals surface area contributed by atoms with Gasteiger partial charge in [-0.25, -0.2) is 4.79 Å². The van der Waals surface area contributed by atoms with Crippen molar-refractivity contribution in [2.45, 2.75) is 38.8 Å². The van der Waals surface area contributed by atoms with E-state index >= 15 is 0 Å². The van der Waals surface area contributed by atoms with Crippen molar-refractivity contribution >= 4 is 11.7 Å². The Kier molecular flexibility index (Phi) is 5.44. The molecular weight excluding hydrogens is 266 g/mol. The molecule has 0 spiro atoms. The molecule has 0 bridgehead atoms. The van der Waals surface area contributed by atoms with E-state index in [4.69, 9.17) is 4.74 Å². The molecule has 0 saturated carbocycles. The van der Waals surface area contributed by atoms with Crippen LogP contribution in [0.3, 0.4) is 0 Å². The quantitative estimate of drug-likeness (QED) is 0.897. The third-order valence-electron chi connectivity index (χ3n) is 3.94. The molecule has 0 unspecified atom stereocenters. The van der Waals surface area contributed by atoms with E-state index in [0.717, 1.165) is 37.4 Å². The fourth-order valence-corrected chi connectivity index (χ4v) is 2.59. The zero-order valence-corrected chi connectivity index (χ0v) is 13.1. The average Bonchev–Trinajstić information content (AvgIpc) is 2.48. The molecule has 5 heteroatoms. The van der Waals surface area contributed by atoms with Crippen molar-refractivity contribution in [1.29, 1.82) is 0 Å². The Labute approximate surface area is 126 Å². The van der Waals surface area contributed by atoms with Crippen molar-refractivity contribution in [1.82, 2.24) is 10.2 Å². The number of hydrogen-bond donors (Lipinski definition) is 2. The van der Waals surface area contributed by atoms with Crippen LogP contribution in [-0.2, 0) is 0 Å². The molecule has 1 heterocycles. The number of urea groups is 1. The number of hydrogen-bond acceptors (Lipinski definition) is 3. The fourth-order valence-electron chi connectivity index (χ4n) is 2.59. The maximum atomic E-state index is 12.0. The Morgan fingerprint density at radius 2 is 1.86 bits per heavy atom. The molecule has 2 amide bonds. The molecule has 1 aliphatic heterocycles. The number of piperidine rings is 1. The predicted molar refractivity (Wildman–Crippen MR) is 84.9 cm³/mol. The van der Waals surface area contributed by atoms with Gasteiger partial charge in [0.1, 0.15) is 5.75 Å². The van der Waals surface area contributed by atoms with Crippen LogP contribution in [-0.4, -0.2) is 43.2 Å². The highest BCUT2D eigenvalue weighted by Crippen LogP contribution is 2.16. The van der Waals surface area contributed by atoms with Crippen molar-refractivity contribution in [3.63, 3.8) is 0 Å². The number of ether oxygens (including phenoxy) is 1. The van der Waals surface area contributed by atoms with Crippen molar-refractivity contribution in [2.75, 3.05) is 25.5 Å². The average molecular weight is 291 g/mol. The number of carbonyl (C=O) groups is 1. The summed E-state index contributed by atoms with van der Waals surface area (Å²) in [6.07, 6.45) is 2.02. The minimum absolute atomic E-state index is 0.136. The molecule has 5 nitrogen and oxygen atoms in total. The van der Waals surface area contributed by atoms with Gasteiger partial charge >= 0.3 is 6.03 Å². The molecule has 0 radical (unpaired) electrons. The van der Waals surface area contributed by atoms with Crippen molar-refractivity contribution in [3.8, 4) is 5.75 Å². The Hall–Kier alpha value is -1.75. The fraction of sp³-hybridized carbons (Fsp3) is 0.562. The Balaban J connectivity index is 1.77. The summed E-state index contributed by atoms with van der Waals surface area (Å²) < 4.78 is 5.09. The van der Waals surface area contributed by atoms with E-state index in [9.17, 15) is 4.79 Å². The van der Waals surface area contributed by atoms with Crippen molar-refractivity contribution in [3.05, 3.63) is 24.3 Å². The molecule has 2 N–H and O–H groups in total. The van der Waals surface area contributed by atoms with Gasteiger partial charge in [0.2, 0.25) is 0 Å². The molecule has 1 fully saturated rings. The largest absolute Gasteiger partial charge is 0.497 e. The lowest BCUT2D eigenvalue weighted by Gasteiger charge is -2.34. The second-order valence-corrected chi connectivity index (χ2v) is 5.73. The van der Waals surface area contributed by atoms with Gasteiger partial charge in [-0.3, -0.25) is 0 Å². The van der Waals surface area contributed by atoms with Gasteiger partial charge in [-0.05, 0) is 51.0 Å². The third kappa shape index (κ3) is 4.63. The Morgan fingerprint density at radius 1 is 1.24 bits per heavy atom. The summed E-state index contributed by atoms with van der Waals surface area (Å²) in [6.45, 7) is 6.52. The lowest BCUT2D eigenvalue weighted by molar-refractivity contribution is 0.163. The zero-order chi connectivity index (χ0) is 15.2. The molecule has 1 aliphatic rings. The highest BCUT2D eigenvalue weighted by atomic mass is 16.5.